The van der Waals surface area contributed by atoms with E-state index in [0.29, 0.717) is 9.75 Å². The van der Waals surface area contributed by atoms with E-state index >= 15 is 0 Å². The standard InChI is InChI=1S/C30H14F10S4/c31-19-11(20(32)24(36)27(39)23(19)35)3-1-9-5-17-29(41-9)13-7-16-14(8-15(13)43-17)30-18(44-16)6-10(42-30)2-4-12-21(33)25(37)28(40)26(38)22(12)34/h1-6,13-16H,7-8H2/b3-1+,4-2+. The molecule has 44 heavy (non-hydrogen) atoms. The number of thioether (sulfide) groups is 2. The number of benzene rings is 2. The van der Waals surface area contributed by atoms with Crippen LogP contribution in [0.15, 0.2) is 21.9 Å². The average molecular weight is 693 g/mol. The molecule has 4 heterocycles. The Kier molecular flexibility index (Phi) is 7.49. The van der Waals surface area contributed by atoms with Crippen molar-refractivity contribution in [2.75, 3.05) is 0 Å². The van der Waals surface area contributed by atoms with Gasteiger partial charge in [0.25, 0.3) is 0 Å². The average Bonchev–Trinajstić information content (AvgIpc) is 3.75. The highest BCUT2D eigenvalue weighted by molar-refractivity contribution is 8.01. The third kappa shape index (κ3) is 4.66. The highest BCUT2D eigenvalue weighted by atomic mass is 32.2. The summed E-state index contributed by atoms with van der Waals surface area (Å²) in [6.07, 6.45) is 6.15. The third-order valence-corrected chi connectivity index (χ3v) is 13.5. The Bertz CT molecular complexity index is 1730. The maximum absolute atomic E-state index is 14.1. The topological polar surface area (TPSA) is 0 Å². The summed E-state index contributed by atoms with van der Waals surface area (Å²) in [5.41, 5.74) is -2.01. The molecular weight excluding hydrogens is 679 g/mol. The highest BCUT2D eigenvalue weighted by Crippen LogP contribution is 2.64. The SMILES string of the molecule is Fc1c(F)c(F)c(/C=C/c2cc3c(s2)C2CC4Sc5cc(/C=C/c6c(F)c(F)c(F)c(F)c6F)sc5C4CC2S3)c(F)c1F. The van der Waals surface area contributed by atoms with Gasteiger partial charge in [0.2, 0.25) is 11.6 Å². The smallest absolute Gasteiger partial charge is 0.200 e. The van der Waals surface area contributed by atoms with Gasteiger partial charge in [-0.1, -0.05) is 0 Å². The zero-order valence-corrected chi connectivity index (χ0v) is 24.9. The van der Waals surface area contributed by atoms with E-state index in [4.69, 9.17) is 0 Å². The van der Waals surface area contributed by atoms with Crippen LogP contribution in [-0.2, 0) is 0 Å². The first-order valence-electron chi connectivity index (χ1n) is 12.9. The van der Waals surface area contributed by atoms with Crippen molar-refractivity contribution in [1.82, 2.24) is 0 Å². The first kappa shape index (κ1) is 30.0. The second-order valence-electron chi connectivity index (χ2n) is 10.4. The van der Waals surface area contributed by atoms with Gasteiger partial charge in [0.05, 0.1) is 11.1 Å². The van der Waals surface area contributed by atoms with Crippen LogP contribution in [0.25, 0.3) is 24.3 Å². The molecule has 4 unspecified atom stereocenters. The first-order chi connectivity index (χ1) is 20.9. The minimum absolute atomic E-state index is 0.215. The molecule has 0 bridgehead atoms. The van der Waals surface area contributed by atoms with Gasteiger partial charge in [0, 0.05) is 51.6 Å². The molecule has 4 aromatic rings. The minimum Gasteiger partial charge on any atom is -0.203 e. The molecular formula is C30H14F10S4. The van der Waals surface area contributed by atoms with Crippen LogP contribution in [0, 0.1) is 58.2 Å². The van der Waals surface area contributed by atoms with Crippen molar-refractivity contribution >= 4 is 70.5 Å². The molecule has 0 amide bonds. The van der Waals surface area contributed by atoms with Gasteiger partial charge in [-0.15, -0.1) is 46.2 Å². The lowest BCUT2D eigenvalue weighted by molar-refractivity contribution is 0.377. The molecule has 228 valence electrons. The predicted octanol–water partition coefficient (Wildman–Crippen LogP) is 11.2. The van der Waals surface area contributed by atoms with Crippen molar-refractivity contribution in [3.8, 4) is 0 Å². The van der Waals surface area contributed by atoms with Gasteiger partial charge in [-0.25, -0.2) is 43.9 Å². The summed E-state index contributed by atoms with van der Waals surface area (Å²) < 4.78 is 137. The molecule has 2 aromatic heterocycles. The van der Waals surface area contributed by atoms with Crippen LogP contribution in [0.3, 0.4) is 0 Å². The Morgan fingerprint density at radius 1 is 0.455 bits per heavy atom. The van der Waals surface area contributed by atoms with Crippen LogP contribution in [0.5, 0.6) is 0 Å². The second kappa shape index (κ2) is 11.0. The maximum atomic E-state index is 14.1. The third-order valence-electron chi connectivity index (χ3n) is 7.90. The van der Waals surface area contributed by atoms with Crippen LogP contribution in [0.4, 0.5) is 43.9 Å². The van der Waals surface area contributed by atoms with E-state index in [2.05, 4.69) is 0 Å². The Morgan fingerprint density at radius 2 is 0.773 bits per heavy atom. The first-order valence-corrected chi connectivity index (χ1v) is 16.3. The van der Waals surface area contributed by atoms with E-state index in [0.717, 1.165) is 44.5 Å². The van der Waals surface area contributed by atoms with Crippen molar-refractivity contribution in [2.45, 2.75) is 45.0 Å². The van der Waals surface area contributed by atoms with E-state index < -0.39 is 69.3 Å². The van der Waals surface area contributed by atoms with Crippen LogP contribution in [-0.4, -0.2) is 10.5 Å². The molecule has 1 fully saturated rings. The van der Waals surface area contributed by atoms with Crippen molar-refractivity contribution in [2.24, 2.45) is 0 Å². The fourth-order valence-corrected chi connectivity index (χ4v) is 12.0. The van der Waals surface area contributed by atoms with E-state index in [1.165, 1.54) is 34.8 Å². The number of thiophene rings is 2. The van der Waals surface area contributed by atoms with Crippen molar-refractivity contribution in [3.05, 3.63) is 101 Å². The zero-order valence-electron chi connectivity index (χ0n) is 21.6. The van der Waals surface area contributed by atoms with E-state index in [-0.39, 0.29) is 22.3 Å². The Hall–Kier alpha value is -2.68. The van der Waals surface area contributed by atoms with Crippen molar-refractivity contribution in [3.63, 3.8) is 0 Å². The van der Waals surface area contributed by atoms with Crippen LogP contribution < -0.4 is 0 Å². The van der Waals surface area contributed by atoms with E-state index in [1.807, 2.05) is 12.1 Å². The maximum Gasteiger partial charge on any atom is 0.200 e. The van der Waals surface area contributed by atoms with Gasteiger partial charge in [0.15, 0.2) is 46.5 Å². The number of hydrogen-bond acceptors (Lipinski definition) is 4. The van der Waals surface area contributed by atoms with Crippen molar-refractivity contribution < 1.29 is 43.9 Å². The van der Waals surface area contributed by atoms with Gasteiger partial charge in [-0.2, -0.15) is 0 Å². The Morgan fingerprint density at radius 3 is 1.11 bits per heavy atom. The summed E-state index contributed by atoms with van der Waals surface area (Å²) >= 11 is 6.18. The minimum atomic E-state index is -2.21. The number of fused-ring (bicyclic) bond motifs is 6. The lowest BCUT2D eigenvalue weighted by Crippen LogP contribution is -2.28. The second-order valence-corrected chi connectivity index (χ2v) is 15.2. The number of hydrogen-bond donors (Lipinski definition) is 0. The van der Waals surface area contributed by atoms with Gasteiger partial charge >= 0.3 is 0 Å². The molecule has 1 aliphatic carbocycles. The summed E-state index contributed by atoms with van der Waals surface area (Å²) in [4.78, 5) is 5.47. The van der Waals surface area contributed by atoms with E-state index in [1.54, 1.807) is 23.5 Å². The fourth-order valence-electron chi connectivity index (χ4n) is 5.82. The van der Waals surface area contributed by atoms with Crippen LogP contribution in [0.1, 0.15) is 55.3 Å². The quantitative estimate of drug-likeness (QED) is 0.119. The summed E-state index contributed by atoms with van der Waals surface area (Å²) in [5, 5.41) is 0.512. The largest absolute Gasteiger partial charge is 0.203 e. The molecule has 7 rings (SSSR count). The summed E-state index contributed by atoms with van der Waals surface area (Å²) in [5.74, 6) is -19.6. The molecule has 0 radical (unpaired) electrons. The normalized spacial score (nSPS) is 22.2. The lowest BCUT2D eigenvalue weighted by Gasteiger charge is -2.33. The fraction of sp³-hybridized carbons (Fsp3) is 0.200. The monoisotopic (exact) mass is 692 g/mol. The molecule has 2 aliphatic heterocycles. The number of rotatable bonds is 4. The number of halogens is 10. The summed E-state index contributed by atoms with van der Waals surface area (Å²) in [6.45, 7) is 0. The molecule has 0 spiro atoms. The van der Waals surface area contributed by atoms with Gasteiger partial charge in [0.1, 0.15) is 0 Å². The van der Waals surface area contributed by atoms with Gasteiger partial charge in [-0.05, 0) is 49.3 Å². The van der Waals surface area contributed by atoms with Gasteiger partial charge in [-0.3, -0.25) is 0 Å². The zero-order chi connectivity index (χ0) is 31.2. The highest BCUT2D eigenvalue weighted by Gasteiger charge is 2.48. The van der Waals surface area contributed by atoms with Crippen LogP contribution in [0.2, 0.25) is 0 Å². The molecule has 0 saturated heterocycles. The molecule has 3 aliphatic rings. The molecule has 14 heteroatoms. The Labute approximate surface area is 259 Å². The Balaban J connectivity index is 1.07. The van der Waals surface area contributed by atoms with Crippen LogP contribution >= 0.6 is 46.2 Å². The molecule has 0 nitrogen and oxygen atoms in total. The van der Waals surface area contributed by atoms with Crippen molar-refractivity contribution in [1.29, 1.82) is 0 Å². The predicted molar refractivity (Wildman–Crippen MR) is 153 cm³/mol. The summed E-state index contributed by atoms with van der Waals surface area (Å²) in [7, 11) is 0. The summed E-state index contributed by atoms with van der Waals surface area (Å²) in [6, 6.07) is 3.68. The van der Waals surface area contributed by atoms with Gasteiger partial charge < -0.3 is 0 Å². The molecule has 2 aromatic carbocycles. The molecule has 1 saturated carbocycles. The molecule has 4 atom stereocenters. The molecule has 0 N–H and O–H groups in total. The van der Waals surface area contributed by atoms with E-state index in [9.17, 15) is 43.9 Å². The lowest BCUT2D eigenvalue weighted by atomic mass is 9.80.